The number of aromatic nitrogens is 2. The molecular formula is C15H21N3O. The number of ether oxygens (including phenoxy) is 1. The van der Waals surface area contributed by atoms with Gasteiger partial charge in [-0.15, -0.1) is 0 Å². The largest absolute Gasteiger partial charge is 0.496 e. The molecule has 0 aliphatic carbocycles. The minimum Gasteiger partial charge on any atom is -0.496 e. The topological polar surface area (TPSA) is 49.9 Å². The van der Waals surface area contributed by atoms with Gasteiger partial charge in [0.25, 0.3) is 0 Å². The van der Waals surface area contributed by atoms with E-state index in [0.717, 1.165) is 28.4 Å². The van der Waals surface area contributed by atoms with Gasteiger partial charge in [-0.1, -0.05) is 19.9 Å². The molecule has 1 aromatic heterocycles. The van der Waals surface area contributed by atoms with E-state index in [9.17, 15) is 0 Å². The molecule has 19 heavy (non-hydrogen) atoms. The number of aromatic amines is 1. The van der Waals surface area contributed by atoms with Crippen LogP contribution in [0.3, 0.4) is 0 Å². The summed E-state index contributed by atoms with van der Waals surface area (Å²) >= 11 is 0. The van der Waals surface area contributed by atoms with Crippen LogP contribution in [0.25, 0.3) is 11.3 Å². The highest BCUT2D eigenvalue weighted by Crippen LogP contribution is 2.36. The van der Waals surface area contributed by atoms with E-state index in [2.05, 4.69) is 41.5 Å². The van der Waals surface area contributed by atoms with E-state index in [4.69, 9.17) is 4.74 Å². The molecule has 0 unspecified atom stereocenters. The van der Waals surface area contributed by atoms with Crippen molar-refractivity contribution in [3.8, 4) is 17.0 Å². The first kappa shape index (κ1) is 13.5. The fourth-order valence-electron chi connectivity index (χ4n) is 2.20. The van der Waals surface area contributed by atoms with Gasteiger partial charge in [0, 0.05) is 12.6 Å². The molecule has 0 aliphatic rings. The van der Waals surface area contributed by atoms with Crippen molar-refractivity contribution < 1.29 is 4.74 Å². The first-order valence-electron chi connectivity index (χ1n) is 6.49. The van der Waals surface area contributed by atoms with Crippen LogP contribution in [-0.2, 0) is 0 Å². The fourth-order valence-corrected chi connectivity index (χ4v) is 2.20. The lowest BCUT2D eigenvalue weighted by Crippen LogP contribution is -1.96. The van der Waals surface area contributed by atoms with Crippen LogP contribution in [0.15, 0.2) is 18.2 Å². The van der Waals surface area contributed by atoms with Gasteiger partial charge in [0.1, 0.15) is 11.4 Å². The summed E-state index contributed by atoms with van der Waals surface area (Å²) in [7, 11) is 3.59. The van der Waals surface area contributed by atoms with E-state index < -0.39 is 0 Å². The monoisotopic (exact) mass is 259 g/mol. The number of rotatable bonds is 4. The molecule has 2 aromatic rings. The summed E-state index contributed by atoms with van der Waals surface area (Å²) in [6.07, 6.45) is 0. The lowest BCUT2D eigenvalue weighted by atomic mass is 9.98. The Balaban J connectivity index is 2.61. The van der Waals surface area contributed by atoms with Gasteiger partial charge in [-0.05, 0) is 30.5 Å². The van der Waals surface area contributed by atoms with Gasteiger partial charge in [0.2, 0.25) is 0 Å². The highest BCUT2D eigenvalue weighted by Gasteiger charge is 2.16. The van der Waals surface area contributed by atoms with E-state index in [1.807, 2.05) is 20.0 Å². The van der Waals surface area contributed by atoms with E-state index in [0.29, 0.717) is 5.92 Å². The highest BCUT2D eigenvalue weighted by molar-refractivity contribution is 5.80. The molecule has 2 rings (SSSR count). The molecule has 0 atom stereocenters. The van der Waals surface area contributed by atoms with Crippen LogP contribution in [0.4, 0.5) is 5.69 Å². The predicted octanol–water partition coefficient (Wildman–Crippen LogP) is 3.56. The molecule has 0 fully saturated rings. The average molecular weight is 259 g/mol. The van der Waals surface area contributed by atoms with Gasteiger partial charge in [0.15, 0.2) is 0 Å². The minimum absolute atomic E-state index is 0.475. The Hall–Kier alpha value is -1.97. The van der Waals surface area contributed by atoms with Gasteiger partial charge in [-0.2, -0.15) is 5.10 Å². The molecule has 1 heterocycles. The number of nitrogens with one attached hydrogen (secondary N) is 2. The first-order valence-corrected chi connectivity index (χ1v) is 6.49. The quantitative estimate of drug-likeness (QED) is 0.882. The second-order valence-electron chi connectivity index (χ2n) is 4.94. The van der Waals surface area contributed by atoms with Crippen molar-refractivity contribution in [3.05, 3.63) is 29.5 Å². The first-order chi connectivity index (χ1) is 9.08. The molecule has 4 nitrogen and oxygen atoms in total. The van der Waals surface area contributed by atoms with Gasteiger partial charge < -0.3 is 10.1 Å². The number of hydrogen-bond acceptors (Lipinski definition) is 3. The van der Waals surface area contributed by atoms with Crippen LogP contribution in [0, 0.1) is 6.92 Å². The Kier molecular flexibility index (Phi) is 3.79. The van der Waals surface area contributed by atoms with Crippen molar-refractivity contribution in [2.24, 2.45) is 0 Å². The molecule has 0 saturated heterocycles. The van der Waals surface area contributed by atoms with E-state index in [1.54, 1.807) is 7.11 Å². The zero-order chi connectivity index (χ0) is 14.0. The Morgan fingerprint density at radius 3 is 2.63 bits per heavy atom. The van der Waals surface area contributed by atoms with Crippen molar-refractivity contribution in [1.82, 2.24) is 10.2 Å². The number of benzene rings is 1. The maximum absolute atomic E-state index is 5.46. The average Bonchev–Trinajstić information content (AvgIpc) is 2.78. The third-order valence-corrected chi connectivity index (χ3v) is 3.34. The molecule has 0 amide bonds. The normalized spacial score (nSPS) is 10.8. The zero-order valence-corrected chi connectivity index (χ0v) is 12.2. The summed E-state index contributed by atoms with van der Waals surface area (Å²) in [5, 5.41) is 10.6. The summed E-state index contributed by atoms with van der Waals surface area (Å²) in [5.74, 6) is 1.31. The smallest absolute Gasteiger partial charge is 0.128 e. The van der Waals surface area contributed by atoms with Crippen molar-refractivity contribution in [2.45, 2.75) is 26.7 Å². The lowest BCUT2D eigenvalue weighted by Gasteiger charge is -2.12. The molecule has 0 bridgehead atoms. The Morgan fingerprint density at radius 1 is 1.32 bits per heavy atom. The summed E-state index contributed by atoms with van der Waals surface area (Å²) < 4.78 is 5.46. The molecule has 102 valence electrons. The van der Waals surface area contributed by atoms with Gasteiger partial charge in [-0.25, -0.2) is 0 Å². The standard InChI is InChI=1S/C15H21N3O/c1-9(2)11-6-7-13(19-5)12(8-11)15-14(16-4)10(3)17-18-15/h6-9,16H,1-5H3,(H,17,18). The maximum atomic E-state index is 5.46. The Labute approximate surface area is 114 Å². The number of hydrogen-bond donors (Lipinski definition) is 2. The molecule has 1 aromatic carbocycles. The third-order valence-electron chi connectivity index (χ3n) is 3.34. The molecule has 0 aliphatic heterocycles. The number of anilines is 1. The Morgan fingerprint density at radius 2 is 2.05 bits per heavy atom. The lowest BCUT2D eigenvalue weighted by molar-refractivity contribution is 0.416. The number of methoxy groups -OCH3 is 1. The molecular weight excluding hydrogens is 238 g/mol. The zero-order valence-electron chi connectivity index (χ0n) is 12.2. The second kappa shape index (κ2) is 5.34. The maximum Gasteiger partial charge on any atom is 0.128 e. The van der Waals surface area contributed by atoms with Crippen LogP contribution in [0.1, 0.15) is 31.0 Å². The molecule has 0 spiro atoms. The van der Waals surface area contributed by atoms with Gasteiger partial charge in [-0.3, -0.25) is 5.10 Å². The second-order valence-corrected chi connectivity index (χ2v) is 4.94. The number of H-pyrrole nitrogens is 1. The number of nitrogens with zero attached hydrogens (tertiary/aromatic N) is 1. The van der Waals surface area contributed by atoms with Crippen molar-refractivity contribution in [2.75, 3.05) is 19.5 Å². The van der Waals surface area contributed by atoms with Crippen LogP contribution in [0.5, 0.6) is 5.75 Å². The Bertz CT molecular complexity index is 573. The highest BCUT2D eigenvalue weighted by atomic mass is 16.5. The summed E-state index contributed by atoms with van der Waals surface area (Å²) in [5.41, 5.74) is 5.23. The van der Waals surface area contributed by atoms with Crippen molar-refractivity contribution in [1.29, 1.82) is 0 Å². The van der Waals surface area contributed by atoms with Crippen LogP contribution in [0.2, 0.25) is 0 Å². The van der Waals surface area contributed by atoms with E-state index in [-0.39, 0.29) is 0 Å². The van der Waals surface area contributed by atoms with Crippen LogP contribution >= 0.6 is 0 Å². The van der Waals surface area contributed by atoms with Crippen molar-refractivity contribution in [3.63, 3.8) is 0 Å². The predicted molar refractivity (Wildman–Crippen MR) is 78.9 cm³/mol. The SMILES string of the molecule is CNc1c(-c2cc(C(C)C)ccc2OC)n[nH]c1C. The third kappa shape index (κ3) is 2.43. The van der Waals surface area contributed by atoms with Gasteiger partial charge in [0.05, 0.1) is 18.5 Å². The minimum atomic E-state index is 0.475. The van der Waals surface area contributed by atoms with E-state index in [1.165, 1.54) is 5.56 Å². The number of aryl methyl sites for hydroxylation is 1. The van der Waals surface area contributed by atoms with Crippen molar-refractivity contribution >= 4 is 5.69 Å². The van der Waals surface area contributed by atoms with Crippen LogP contribution in [-0.4, -0.2) is 24.4 Å². The molecule has 0 radical (unpaired) electrons. The van der Waals surface area contributed by atoms with Gasteiger partial charge >= 0.3 is 0 Å². The van der Waals surface area contributed by atoms with E-state index >= 15 is 0 Å². The summed E-state index contributed by atoms with van der Waals surface area (Å²) in [6, 6.07) is 6.26. The molecule has 2 N–H and O–H groups in total. The summed E-state index contributed by atoms with van der Waals surface area (Å²) in [4.78, 5) is 0. The molecule has 0 saturated carbocycles. The fraction of sp³-hybridized carbons (Fsp3) is 0.400. The van der Waals surface area contributed by atoms with Crippen LogP contribution < -0.4 is 10.1 Å². The summed E-state index contributed by atoms with van der Waals surface area (Å²) in [6.45, 7) is 6.36. The molecule has 4 heteroatoms.